The zero-order valence-corrected chi connectivity index (χ0v) is 12.6. The molecule has 2 rings (SSSR count). The van der Waals surface area contributed by atoms with Crippen LogP contribution in [0, 0.1) is 6.92 Å². The molecular weight excluding hydrogens is 252 g/mol. The summed E-state index contributed by atoms with van der Waals surface area (Å²) in [5.41, 5.74) is 2.29. The van der Waals surface area contributed by atoms with Crippen LogP contribution in [0.5, 0.6) is 0 Å². The van der Waals surface area contributed by atoms with E-state index in [1.807, 2.05) is 11.8 Å². The molecule has 0 amide bonds. The van der Waals surface area contributed by atoms with E-state index < -0.39 is 0 Å². The van der Waals surface area contributed by atoms with E-state index in [4.69, 9.17) is 4.42 Å². The smallest absolute Gasteiger partial charge is 0.322 e. The zero-order valence-electron chi connectivity index (χ0n) is 12.6. The molecule has 1 aromatic heterocycles. The molecule has 0 spiro atoms. The minimum Gasteiger partial charge on any atom is -0.406 e. The first kappa shape index (κ1) is 14.5. The monoisotopic (exact) mass is 274 g/mol. The number of nitrogens with zero attached hydrogens (tertiary/aromatic N) is 3. The van der Waals surface area contributed by atoms with Gasteiger partial charge in [-0.25, -0.2) is 0 Å². The van der Waals surface area contributed by atoms with E-state index in [2.05, 4.69) is 60.6 Å². The summed E-state index contributed by atoms with van der Waals surface area (Å²) in [6, 6.07) is 8.90. The molecule has 1 heterocycles. The van der Waals surface area contributed by atoms with Gasteiger partial charge in [0.1, 0.15) is 0 Å². The number of aryl methyl sites for hydroxylation is 1. The van der Waals surface area contributed by atoms with E-state index in [0.717, 1.165) is 18.8 Å². The van der Waals surface area contributed by atoms with Crippen molar-refractivity contribution >= 4 is 11.7 Å². The Kier molecular flexibility index (Phi) is 4.74. The fourth-order valence-corrected chi connectivity index (χ4v) is 2.06. The second kappa shape index (κ2) is 6.52. The van der Waals surface area contributed by atoms with Crippen molar-refractivity contribution in [2.75, 3.05) is 18.0 Å². The maximum Gasteiger partial charge on any atom is 0.322 e. The van der Waals surface area contributed by atoms with Crippen LogP contribution in [0.15, 0.2) is 28.7 Å². The van der Waals surface area contributed by atoms with E-state index in [1.165, 1.54) is 5.56 Å². The molecule has 0 aliphatic heterocycles. The molecule has 0 saturated carbocycles. The molecule has 0 bridgehead atoms. The van der Waals surface area contributed by atoms with Crippen LogP contribution in [-0.4, -0.2) is 23.3 Å². The van der Waals surface area contributed by atoms with E-state index in [-0.39, 0.29) is 6.04 Å². The maximum atomic E-state index is 5.78. The van der Waals surface area contributed by atoms with Gasteiger partial charge in [-0.2, -0.15) is 0 Å². The second-order valence-electron chi connectivity index (χ2n) is 4.78. The summed E-state index contributed by atoms with van der Waals surface area (Å²) in [5, 5.41) is 11.5. The molecule has 2 aromatic rings. The summed E-state index contributed by atoms with van der Waals surface area (Å²) >= 11 is 0. The lowest BCUT2D eigenvalue weighted by atomic mass is 10.2. The van der Waals surface area contributed by atoms with E-state index in [1.54, 1.807) is 0 Å². The Bertz CT molecular complexity index is 535. The Morgan fingerprint density at radius 2 is 1.90 bits per heavy atom. The van der Waals surface area contributed by atoms with Gasteiger partial charge in [0.05, 0.1) is 6.04 Å². The van der Waals surface area contributed by atoms with Crippen LogP contribution in [0.1, 0.15) is 38.3 Å². The van der Waals surface area contributed by atoms with Crippen molar-refractivity contribution < 1.29 is 4.42 Å². The Morgan fingerprint density at radius 1 is 1.20 bits per heavy atom. The van der Waals surface area contributed by atoms with Crippen LogP contribution in [0.4, 0.5) is 11.7 Å². The topological polar surface area (TPSA) is 54.2 Å². The number of anilines is 2. The highest BCUT2D eigenvalue weighted by molar-refractivity contribution is 5.56. The lowest BCUT2D eigenvalue weighted by Crippen LogP contribution is -2.18. The van der Waals surface area contributed by atoms with Gasteiger partial charge < -0.3 is 9.73 Å². The minimum atomic E-state index is 0.0676. The SMILES string of the molecule is CCNC(C)c1nnc(N(CC)c2ccc(C)cc2)o1. The van der Waals surface area contributed by atoms with Gasteiger partial charge in [0.25, 0.3) is 0 Å². The van der Waals surface area contributed by atoms with Gasteiger partial charge >= 0.3 is 6.01 Å². The van der Waals surface area contributed by atoms with Crippen molar-refractivity contribution in [3.05, 3.63) is 35.7 Å². The third kappa shape index (κ3) is 3.17. The highest BCUT2D eigenvalue weighted by atomic mass is 16.4. The van der Waals surface area contributed by atoms with Crippen LogP contribution in [-0.2, 0) is 0 Å². The fourth-order valence-electron chi connectivity index (χ4n) is 2.06. The molecular formula is C15H22N4O. The van der Waals surface area contributed by atoms with Crippen LogP contribution in [0.2, 0.25) is 0 Å². The third-order valence-corrected chi connectivity index (χ3v) is 3.20. The summed E-state index contributed by atoms with van der Waals surface area (Å²) in [4.78, 5) is 2.01. The molecule has 1 aromatic carbocycles. The fraction of sp³-hybridized carbons (Fsp3) is 0.467. The maximum absolute atomic E-state index is 5.78. The standard InChI is InChI=1S/C15H22N4O/c1-5-16-12(4)14-17-18-15(20-14)19(6-2)13-9-7-11(3)8-10-13/h7-10,12,16H,5-6H2,1-4H3. The second-order valence-corrected chi connectivity index (χ2v) is 4.78. The van der Waals surface area contributed by atoms with Crippen LogP contribution in [0.25, 0.3) is 0 Å². The molecule has 0 saturated heterocycles. The van der Waals surface area contributed by atoms with Crippen LogP contribution in [0.3, 0.4) is 0 Å². The third-order valence-electron chi connectivity index (χ3n) is 3.20. The molecule has 1 N–H and O–H groups in total. The average Bonchev–Trinajstić information content (AvgIpc) is 2.92. The molecule has 0 aliphatic rings. The van der Waals surface area contributed by atoms with Gasteiger partial charge in [-0.1, -0.05) is 29.7 Å². The van der Waals surface area contributed by atoms with Crippen LogP contribution >= 0.6 is 0 Å². The molecule has 0 radical (unpaired) electrons. The highest BCUT2D eigenvalue weighted by Gasteiger charge is 2.17. The first-order chi connectivity index (χ1) is 9.65. The predicted octanol–water partition coefficient (Wildman–Crippen LogP) is 3.21. The molecule has 0 aliphatic carbocycles. The lowest BCUT2D eigenvalue weighted by molar-refractivity contribution is 0.424. The summed E-state index contributed by atoms with van der Waals surface area (Å²) in [5.74, 6) is 0.618. The number of nitrogens with one attached hydrogen (secondary N) is 1. The van der Waals surface area contributed by atoms with Gasteiger partial charge in [-0.05, 0) is 39.4 Å². The quantitative estimate of drug-likeness (QED) is 0.876. The van der Waals surface area contributed by atoms with Crippen LogP contribution < -0.4 is 10.2 Å². The first-order valence-electron chi connectivity index (χ1n) is 7.06. The van der Waals surface area contributed by atoms with Crippen molar-refractivity contribution in [2.45, 2.75) is 33.7 Å². The molecule has 108 valence electrons. The Balaban J connectivity index is 2.22. The van der Waals surface area contributed by atoms with Gasteiger partial charge in [-0.15, -0.1) is 5.10 Å². The number of hydrogen-bond donors (Lipinski definition) is 1. The Morgan fingerprint density at radius 3 is 2.50 bits per heavy atom. The van der Waals surface area contributed by atoms with E-state index >= 15 is 0 Å². The largest absolute Gasteiger partial charge is 0.406 e. The predicted molar refractivity (Wildman–Crippen MR) is 80.2 cm³/mol. The molecule has 1 atom stereocenters. The van der Waals surface area contributed by atoms with Gasteiger partial charge in [0.15, 0.2) is 0 Å². The van der Waals surface area contributed by atoms with E-state index in [0.29, 0.717) is 11.9 Å². The number of benzene rings is 1. The number of aromatic nitrogens is 2. The van der Waals surface area contributed by atoms with Gasteiger partial charge in [0.2, 0.25) is 5.89 Å². The minimum absolute atomic E-state index is 0.0676. The van der Waals surface area contributed by atoms with Crippen molar-refractivity contribution in [1.82, 2.24) is 15.5 Å². The van der Waals surface area contributed by atoms with Crippen molar-refractivity contribution in [3.63, 3.8) is 0 Å². The number of rotatable bonds is 6. The summed E-state index contributed by atoms with van der Waals surface area (Å²) in [6.45, 7) is 9.86. The average molecular weight is 274 g/mol. The van der Waals surface area contributed by atoms with Crippen molar-refractivity contribution in [3.8, 4) is 0 Å². The molecule has 5 nitrogen and oxygen atoms in total. The molecule has 20 heavy (non-hydrogen) atoms. The highest BCUT2D eigenvalue weighted by Crippen LogP contribution is 2.25. The van der Waals surface area contributed by atoms with Crippen molar-refractivity contribution in [2.24, 2.45) is 0 Å². The molecule has 5 heteroatoms. The molecule has 0 fully saturated rings. The Hall–Kier alpha value is -1.88. The van der Waals surface area contributed by atoms with Gasteiger partial charge in [-0.3, -0.25) is 4.90 Å². The summed E-state index contributed by atoms with van der Waals surface area (Å²) in [7, 11) is 0. The van der Waals surface area contributed by atoms with Gasteiger partial charge in [0, 0.05) is 12.2 Å². The first-order valence-corrected chi connectivity index (χ1v) is 7.06. The zero-order chi connectivity index (χ0) is 14.5. The summed E-state index contributed by atoms with van der Waals surface area (Å²) < 4.78 is 5.78. The Labute approximate surface area is 120 Å². The number of hydrogen-bond acceptors (Lipinski definition) is 5. The lowest BCUT2D eigenvalue weighted by Gasteiger charge is -2.18. The van der Waals surface area contributed by atoms with E-state index in [9.17, 15) is 0 Å². The van der Waals surface area contributed by atoms with Crippen molar-refractivity contribution in [1.29, 1.82) is 0 Å². The normalized spacial score (nSPS) is 12.4. The summed E-state index contributed by atoms with van der Waals surface area (Å²) in [6.07, 6.45) is 0. The molecule has 1 unspecified atom stereocenters.